The zero-order valence-electron chi connectivity index (χ0n) is 20.6. The van der Waals surface area contributed by atoms with E-state index in [0.29, 0.717) is 13.1 Å². The van der Waals surface area contributed by atoms with Crippen molar-refractivity contribution in [2.24, 2.45) is 23.2 Å². The lowest BCUT2D eigenvalue weighted by Crippen LogP contribution is -2.56. The Morgan fingerprint density at radius 3 is 2.24 bits per heavy atom. The summed E-state index contributed by atoms with van der Waals surface area (Å²) < 4.78 is 11.0. The fraction of sp³-hybridized carbons (Fsp3) is 0.704. The SMILES string of the molecule is COc1ccccc1N1CCN(C(=O)COCC(=O)N[C@H](C)C23CC4CC(CC(C4)C2)C3)CC1. The van der Waals surface area contributed by atoms with Gasteiger partial charge in [0.25, 0.3) is 0 Å². The maximum Gasteiger partial charge on any atom is 0.248 e. The van der Waals surface area contributed by atoms with E-state index in [-0.39, 0.29) is 36.5 Å². The second-order valence-electron chi connectivity index (χ2n) is 11.1. The number of nitrogens with zero attached hydrogens (tertiary/aromatic N) is 2. The highest BCUT2D eigenvalue weighted by Crippen LogP contribution is 2.61. The summed E-state index contributed by atoms with van der Waals surface area (Å²) in [5, 5.41) is 3.22. The molecule has 7 nitrogen and oxygen atoms in total. The highest BCUT2D eigenvalue weighted by molar-refractivity contribution is 5.80. The minimum Gasteiger partial charge on any atom is -0.495 e. The molecule has 1 N–H and O–H groups in total. The summed E-state index contributed by atoms with van der Waals surface area (Å²) in [6.45, 7) is 4.84. The number of piperazine rings is 1. The fourth-order valence-electron chi connectivity index (χ4n) is 7.55. The van der Waals surface area contributed by atoms with Gasteiger partial charge in [0.15, 0.2) is 0 Å². The Morgan fingerprint density at radius 2 is 1.62 bits per heavy atom. The molecule has 4 aliphatic carbocycles. The first-order valence-electron chi connectivity index (χ1n) is 13.0. The van der Waals surface area contributed by atoms with E-state index in [2.05, 4.69) is 17.1 Å². The predicted octanol–water partition coefficient (Wildman–Crippen LogP) is 3.08. The average Bonchev–Trinajstić information content (AvgIpc) is 2.83. The molecule has 5 fully saturated rings. The van der Waals surface area contributed by atoms with Gasteiger partial charge in [-0.15, -0.1) is 0 Å². The van der Waals surface area contributed by atoms with Crippen molar-refractivity contribution in [2.75, 3.05) is 51.4 Å². The van der Waals surface area contributed by atoms with E-state index in [9.17, 15) is 9.59 Å². The van der Waals surface area contributed by atoms with Gasteiger partial charge in [-0.3, -0.25) is 9.59 Å². The Kier molecular flexibility index (Phi) is 6.74. The number of benzene rings is 1. The Labute approximate surface area is 203 Å². The first-order valence-corrected chi connectivity index (χ1v) is 13.0. The van der Waals surface area contributed by atoms with Crippen LogP contribution in [0.1, 0.15) is 45.4 Å². The van der Waals surface area contributed by atoms with Crippen LogP contribution < -0.4 is 15.0 Å². The molecule has 2 amide bonds. The molecule has 0 radical (unpaired) electrons. The summed E-state index contributed by atoms with van der Waals surface area (Å²) in [5.74, 6) is 3.28. The van der Waals surface area contributed by atoms with Gasteiger partial charge < -0.3 is 24.6 Å². The molecule has 7 heteroatoms. The van der Waals surface area contributed by atoms with Crippen molar-refractivity contribution in [3.8, 4) is 5.75 Å². The first kappa shape index (κ1) is 23.5. The van der Waals surface area contributed by atoms with Crippen LogP contribution in [0.4, 0.5) is 5.69 Å². The molecule has 0 unspecified atom stereocenters. The number of nitrogens with one attached hydrogen (secondary N) is 1. The number of hydrogen-bond acceptors (Lipinski definition) is 5. The number of amides is 2. The largest absolute Gasteiger partial charge is 0.495 e. The van der Waals surface area contributed by atoms with Gasteiger partial charge in [0, 0.05) is 32.2 Å². The van der Waals surface area contributed by atoms with Crippen LogP contribution in [0.3, 0.4) is 0 Å². The van der Waals surface area contributed by atoms with Gasteiger partial charge >= 0.3 is 0 Å². The van der Waals surface area contributed by atoms with Crippen LogP contribution in [-0.4, -0.2) is 69.3 Å². The summed E-state index contributed by atoms with van der Waals surface area (Å²) in [6.07, 6.45) is 8.00. The lowest BCUT2D eigenvalue weighted by Gasteiger charge is -2.59. The van der Waals surface area contributed by atoms with Crippen molar-refractivity contribution in [2.45, 2.75) is 51.5 Å². The molecule has 1 aliphatic heterocycles. The van der Waals surface area contributed by atoms with Crippen LogP contribution in [0.5, 0.6) is 5.75 Å². The lowest BCUT2D eigenvalue weighted by molar-refractivity contribution is -0.139. The minimum absolute atomic E-state index is 0.0478. The van der Waals surface area contributed by atoms with Crippen LogP contribution >= 0.6 is 0 Å². The van der Waals surface area contributed by atoms with Gasteiger partial charge in [-0.25, -0.2) is 0 Å². The topological polar surface area (TPSA) is 71.1 Å². The van der Waals surface area contributed by atoms with Crippen LogP contribution in [-0.2, 0) is 14.3 Å². The van der Waals surface area contributed by atoms with Crippen molar-refractivity contribution in [1.82, 2.24) is 10.2 Å². The second kappa shape index (κ2) is 9.76. The molecule has 0 aromatic heterocycles. The van der Waals surface area contributed by atoms with Crippen molar-refractivity contribution in [1.29, 1.82) is 0 Å². The minimum atomic E-state index is -0.1000. The molecule has 1 aromatic carbocycles. The molecular weight excluding hydrogens is 430 g/mol. The number of carbonyl (C=O) groups excluding carboxylic acids is 2. The van der Waals surface area contributed by atoms with Crippen molar-refractivity contribution in [3.05, 3.63) is 24.3 Å². The summed E-state index contributed by atoms with van der Waals surface area (Å²) in [6, 6.07) is 8.13. The number of hydrogen-bond donors (Lipinski definition) is 1. The van der Waals surface area contributed by atoms with Crippen LogP contribution in [0.25, 0.3) is 0 Å². The van der Waals surface area contributed by atoms with E-state index < -0.39 is 0 Å². The molecule has 34 heavy (non-hydrogen) atoms. The third-order valence-electron chi connectivity index (χ3n) is 8.90. The van der Waals surface area contributed by atoms with E-state index in [4.69, 9.17) is 9.47 Å². The number of methoxy groups -OCH3 is 1. The molecule has 1 atom stereocenters. The molecule has 6 rings (SSSR count). The summed E-state index contributed by atoms with van der Waals surface area (Å²) in [4.78, 5) is 29.3. The van der Waals surface area contributed by atoms with Crippen LogP contribution in [0.15, 0.2) is 24.3 Å². The Bertz CT molecular complexity index is 860. The Hall–Kier alpha value is -2.28. The van der Waals surface area contributed by atoms with E-state index in [0.717, 1.165) is 42.3 Å². The number of para-hydroxylation sites is 2. The van der Waals surface area contributed by atoms with Gasteiger partial charge in [0.1, 0.15) is 19.0 Å². The number of rotatable bonds is 8. The Balaban J connectivity index is 1.04. The lowest BCUT2D eigenvalue weighted by atomic mass is 9.48. The monoisotopic (exact) mass is 469 g/mol. The van der Waals surface area contributed by atoms with Gasteiger partial charge in [-0.2, -0.15) is 0 Å². The van der Waals surface area contributed by atoms with E-state index in [1.54, 1.807) is 7.11 Å². The summed E-state index contributed by atoms with van der Waals surface area (Å²) >= 11 is 0. The number of ether oxygens (including phenoxy) is 2. The normalized spacial score (nSPS) is 30.8. The molecule has 1 heterocycles. The van der Waals surface area contributed by atoms with Gasteiger partial charge in [-0.05, 0) is 80.8 Å². The van der Waals surface area contributed by atoms with E-state index >= 15 is 0 Å². The standard InChI is InChI=1S/C27H39N3O4/c1-19(27-14-20-11-21(15-27)13-22(12-20)16-27)28-25(31)17-34-18-26(32)30-9-7-29(8-10-30)23-5-3-4-6-24(23)33-2/h3-6,19-22H,7-18H2,1-2H3,(H,28,31)/t19-,20?,21?,22?,27?/m1/s1. The van der Waals surface area contributed by atoms with Crippen molar-refractivity contribution in [3.63, 3.8) is 0 Å². The van der Waals surface area contributed by atoms with Crippen LogP contribution in [0.2, 0.25) is 0 Å². The molecule has 4 saturated carbocycles. The second-order valence-corrected chi connectivity index (χ2v) is 11.1. The van der Waals surface area contributed by atoms with Gasteiger partial charge in [0.05, 0.1) is 12.8 Å². The predicted molar refractivity (Wildman–Crippen MR) is 131 cm³/mol. The quantitative estimate of drug-likeness (QED) is 0.634. The third-order valence-corrected chi connectivity index (χ3v) is 8.90. The van der Waals surface area contributed by atoms with E-state index in [1.165, 1.54) is 38.5 Å². The van der Waals surface area contributed by atoms with Gasteiger partial charge in [0.2, 0.25) is 11.8 Å². The maximum absolute atomic E-state index is 12.6. The first-order chi connectivity index (χ1) is 16.5. The molecule has 5 aliphatic rings. The zero-order valence-corrected chi connectivity index (χ0v) is 20.6. The van der Waals surface area contributed by atoms with Gasteiger partial charge in [-0.1, -0.05) is 12.1 Å². The molecule has 0 spiro atoms. The highest BCUT2D eigenvalue weighted by atomic mass is 16.5. The third kappa shape index (κ3) is 4.77. The van der Waals surface area contributed by atoms with Crippen molar-refractivity contribution < 1.29 is 19.1 Å². The van der Waals surface area contributed by atoms with Crippen LogP contribution in [0, 0.1) is 23.2 Å². The van der Waals surface area contributed by atoms with Crippen molar-refractivity contribution >= 4 is 17.5 Å². The smallest absolute Gasteiger partial charge is 0.248 e. The van der Waals surface area contributed by atoms with E-state index in [1.807, 2.05) is 29.2 Å². The Morgan fingerprint density at radius 1 is 1.00 bits per heavy atom. The maximum atomic E-state index is 12.6. The molecule has 1 saturated heterocycles. The molecule has 1 aromatic rings. The zero-order chi connectivity index (χ0) is 23.7. The average molecular weight is 470 g/mol. The molecular formula is C27H39N3O4. The summed E-state index contributed by atoms with van der Waals surface area (Å²) in [7, 11) is 1.68. The summed E-state index contributed by atoms with van der Waals surface area (Å²) in [5.41, 5.74) is 1.33. The molecule has 186 valence electrons. The highest BCUT2D eigenvalue weighted by Gasteiger charge is 2.53. The number of anilines is 1. The fourth-order valence-corrected chi connectivity index (χ4v) is 7.55. The number of carbonyl (C=O) groups is 2. The molecule has 4 bridgehead atoms.